The van der Waals surface area contributed by atoms with Crippen LogP contribution in [0.4, 0.5) is 0 Å². The fourth-order valence-electron chi connectivity index (χ4n) is 1.58. The van der Waals surface area contributed by atoms with Crippen molar-refractivity contribution in [2.75, 3.05) is 20.8 Å². The van der Waals surface area contributed by atoms with Gasteiger partial charge in [-0.25, -0.2) is 4.79 Å². The van der Waals surface area contributed by atoms with E-state index >= 15 is 0 Å². The van der Waals surface area contributed by atoms with Gasteiger partial charge < -0.3 is 19.3 Å². The molecule has 1 N–H and O–H groups in total. The Kier molecular flexibility index (Phi) is 6.24. The Labute approximate surface area is 125 Å². The molecule has 0 spiro atoms. The van der Waals surface area contributed by atoms with E-state index in [0.29, 0.717) is 18.1 Å². The summed E-state index contributed by atoms with van der Waals surface area (Å²) in [6, 6.07) is 5.27. The highest BCUT2D eigenvalue weighted by Crippen LogP contribution is 2.29. The standard InChI is InChI=1S/C16H22O5/c1-16(2,20-4)9-10-21-13-7-5-12(6-8-15(17)18)11-14(13)19-3/h5-8,11H,9-10H2,1-4H3,(H,17,18)/b8-6+. The average Bonchev–Trinajstić information content (AvgIpc) is 2.45. The summed E-state index contributed by atoms with van der Waals surface area (Å²) in [7, 11) is 3.22. The van der Waals surface area contributed by atoms with E-state index in [0.717, 1.165) is 18.1 Å². The second kappa shape index (κ2) is 7.69. The Morgan fingerprint density at radius 3 is 2.57 bits per heavy atom. The van der Waals surface area contributed by atoms with Crippen LogP contribution in [0.1, 0.15) is 25.8 Å². The third kappa shape index (κ3) is 5.87. The second-order valence-electron chi connectivity index (χ2n) is 5.14. The van der Waals surface area contributed by atoms with E-state index in [-0.39, 0.29) is 5.60 Å². The molecule has 0 heterocycles. The van der Waals surface area contributed by atoms with E-state index < -0.39 is 5.97 Å². The predicted octanol–water partition coefficient (Wildman–Crippen LogP) is 2.99. The first-order valence-electron chi connectivity index (χ1n) is 6.65. The van der Waals surface area contributed by atoms with Gasteiger partial charge in [-0.1, -0.05) is 6.07 Å². The van der Waals surface area contributed by atoms with E-state index in [4.69, 9.17) is 19.3 Å². The van der Waals surface area contributed by atoms with Gasteiger partial charge in [0.2, 0.25) is 0 Å². The van der Waals surface area contributed by atoms with Crippen molar-refractivity contribution in [3.05, 3.63) is 29.8 Å². The molecule has 1 aromatic rings. The molecule has 0 aliphatic carbocycles. The third-order valence-electron chi connectivity index (χ3n) is 3.12. The molecule has 116 valence electrons. The molecule has 0 unspecified atom stereocenters. The highest BCUT2D eigenvalue weighted by atomic mass is 16.5. The quantitative estimate of drug-likeness (QED) is 0.747. The van der Waals surface area contributed by atoms with Gasteiger partial charge in [0.1, 0.15) is 0 Å². The summed E-state index contributed by atoms with van der Waals surface area (Å²) in [5.74, 6) is 0.200. The SMILES string of the molecule is COc1cc(/C=C/C(=O)O)ccc1OCCC(C)(C)OC. The smallest absolute Gasteiger partial charge is 0.328 e. The lowest BCUT2D eigenvalue weighted by molar-refractivity contribution is -0.131. The van der Waals surface area contributed by atoms with Gasteiger partial charge in [0, 0.05) is 19.6 Å². The van der Waals surface area contributed by atoms with Crippen LogP contribution >= 0.6 is 0 Å². The number of carboxylic acids is 1. The summed E-state index contributed by atoms with van der Waals surface area (Å²) in [5.41, 5.74) is 0.496. The van der Waals surface area contributed by atoms with Crippen LogP contribution in [-0.4, -0.2) is 37.5 Å². The molecule has 0 saturated carbocycles. The van der Waals surface area contributed by atoms with E-state index in [1.54, 1.807) is 32.4 Å². The minimum atomic E-state index is -0.990. The second-order valence-corrected chi connectivity index (χ2v) is 5.14. The number of methoxy groups -OCH3 is 2. The van der Waals surface area contributed by atoms with Crippen LogP contribution in [0, 0.1) is 0 Å². The van der Waals surface area contributed by atoms with Crippen LogP contribution in [0.15, 0.2) is 24.3 Å². The summed E-state index contributed by atoms with van der Waals surface area (Å²) in [4.78, 5) is 10.5. The lowest BCUT2D eigenvalue weighted by Crippen LogP contribution is -2.25. The molecule has 0 saturated heterocycles. The van der Waals surface area contributed by atoms with Crippen molar-refractivity contribution in [2.24, 2.45) is 0 Å². The van der Waals surface area contributed by atoms with Gasteiger partial charge >= 0.3 is 5.97 Å². The fourth-order valence-corrected chi connectivity index (χ4v) is 1.58. The maximum atomic E-state index is 10.5. The normalized spacial score (nSPS) is 11.6. The van der Waals surface area contributed by atoms with Crippen LogP contribution < -0.4 is 9.47 Å². The Hall–Kier alpha value is -2.01. The molecule has 0 fully saturated rings. The highest BCUT2D eigenvalue weighted by Gasteiger charge is 2.16. The van der Waals surface area contributed by atoms with Crippen molar-refractivity contribution >= 4 is 12.0 Å². The van der Waals surface area contributed by atoms with E-state index in [1.165, 1.54) is 6.08 Å². The van der Waals surface area contributed by atoms with Crippen molar-refractivity contribution in [3.8, 4) is 11.5 Å². The highest BCUT2D eigenvalue weighted by molar-refractivity contribution is 5.85. The molecule has 0 bridgehead atoms. The van der Waals surface area contributed by atoms with Crippen molar-refractivity contribution in [2.45, 2.75) is 25.9 Å². The number of carbonyl (C=O) groups is 1. The van der Waals surface area contributed by atoms with Gasteiger partial charge in [-0.05, 0) is 37.6 Å². The molecule has 0 aliphatic rings. The topological polar surface area (TPSA) is 65.0 Å². The molecule has 0 atom stereocenters. The minimum Gasteiger partial charge on any atom is -0.493 e. The van der Waals surface area contributed by atoms with Crippen LogP contribution in [0.25, 0.3) is 6.08 Å². The zero-order valence-corrected chi connectivity index (χ0v) is 12.9. The zero-order chi connectivity index (χ0) is 15.9. The minimum absolute atomic E-state index is 0.239. The molecule has 5 heteroatoms. The molecule has 0 radical (unpaired) electrons. The van der Waals surface area contributed by atoms with Crippen LogP contribution in [0.3, 0.4) is 0 Å². The number of benzene rings is 1. The number of aliphatic carboxylic acids is 1. The first-order chi connectivity index (χ1) is 9.88. The summed E-state index contributed by atoms with van der Waals surface area (Å²) >= 11 is 0. The molecule has 5 nitrogen and oxygen atoms in total. The zero-order valence-electron chi connectivity index (χ0n) is 12.9. The number of ether oxygens (including phenoxy) is 3. The van der Waals surface area contributed by atoms with Crippen molar-refractivity contribution in [3.63, 3.8) is 0 Å². The molecule has 21 heavy (non-hydrogen) atoms. The van der Waals surface area contributed by atoms with Gasteiger partial charge in [-0.15, -0.1) is 0 Å². The summed E-state index contributed by atoms with van der Waals surface area (Å²) < 4.78 is 16.3. The molecular weight excluding hydrogens is 272 g/mol. The first kappa shape index (κ1) is 17.0. The Bertz CT molecular complexity index is 505. The van der Waals surface area contributed by atoms with Crippen LogP contribution in [0.5, 0.6) is 11.5 Å². The Morgan fingerprint density at radius 2 is 2.00 bits per heavy atom. The molecule has 0 aliphatic heterocycles. The molecule has 0 aromatic heterocycles. The summed E-state index contributed by atoms with van der Waals surface area (Å²) in [6.07, 6.45) is 3.33. The maximum Gasteiger partial charge on any atom is 0.328 e. The summed E-state index contributed by atoms with van der Waals surface area (Å²) in [6.45, 7) is 4.49. The van der Waals surface area contributed by atoms with Gasteiger partial charge in [-0.3, -0.25) is 0 Å². The van der Waals surface area contributed by atoms with Crippen LogP contribution in [-0.2, 0) is 9.53 Å². The predicted molar refractivity (Wildman–Crippen MR) is 80.9 cm³/mol. The third-order valence-corrected chi connectivity index (χ3v) is 3.12. The van der Waals surface area contributed by atoms with E-state index in [9.17, 15) is 4.79 Å². The lowest BCUT2D eigenvalue weighted by atomic mass is 10.1. The van der Waals surface area contributed by atoms with Crippen molar-refractivity contribution in [1.82, 2.24) is 0 Å². The largest absolute Gasteiger partial charge is 0.493 e. The first-order valence-corrected chi connectivity index (χ1v) is 6.65. The van der Waals surface area contributed by atoms with E-state index in [1.807, 2.05) is 13.8 Å². The average molecular weight is 294 g/mol. The molecule has 0 amide bonds. The molecule has 1 aromatic carbocycles. The van der Waals surface area contributed by atoms with Crippen LogP contribution in [0.2, 0.25) is 0 Å². The Balaban J connectivity index is 2.73. The lowest BCUT2D eigenvalue weighted by Gasteiger charge is -2.23. The van der Waals surface area contributed by atoms with Crippen molar-refractivity contribution < 1.29 is 24.1 Å². The summed E-state index contributed by atoms with van der Waals surface area (Å²) in [5, 5.41) is 8.62. The number of hydrogen-bond acceptors (Lipinski definition) is 4. The van der Waals surface area contributed by atoms with Gasteiger partial charge in [0.15, 0.2) is 11.5 Å². The molecular formula is C16H22O5. The maximum absolute atomic E-state index is 10.5. The van der Waals surface area contributed by atoms with Crippen molar-refractivity contribution in [1.29, 1.82) is 0 Å². The fraction of sp³-hybridized carbons (Fsp3) is 0.438. The van der Waals surface area contributed by atoms with Gasteiger partial charge in [0.25, 0.3) is 0 Å². The monoisotopic (exact) mass is 294 g/mol. The number of rotatable bonds is 8. The Morgan fingerprint density at radius 1 is 1.29 bits per heavy atom. The van der Waals surface area contributed by atoms with Gasteiger partial charge in [0.05, 0.1) is 19.3 Å². The van der Waals surface area contributed by atoms with E-state index in [2.05, 4.69) is 0 Å². The number of hydrogen-bond donors (Lipinski definition) is 1. The van der Waals surface area contributed by atoms with Gasteiger partial charge in [-0.2, -0.15) is 0 Å². The molecule has 1 rings (SSSR count). The number of carboxylic acid groups (broad SMARTS) is 1.